The molecule has 0 amide bonds. The lowest BCUT2D eigenvalue weighted by molar-refractivity contribution is 0.399. The molecular weight excluding hydrogens is 354 g/mol. The molecule has 0 saturated carbocycles. The molecule has 3 nitrogen and oxygen atoms in total. The summed E-state index contributed by atoms with van der Waals surface area (Å²) in [6.07, 6.45) is 0. The minimum Gasteiger partial charge on any atom is -0.497 e. The van der Waals surface area contributed by atoms with Crippen molar-refractivity contribution in [1.82, 2.24) is 0 Å². The summed E-state index contributed by atoms with van der Waals surface area (Å²) < 4.78 is 11.6. The fourth-order valence-electron chi connectivity index (χ4n) is 1.99. The van der Waals surface area contributed by atoms with Gasteiger partial charge in [-0.1, -0.05) is 11.6 Å². The van der Waals surface area contributed by atoms with Crippen molar-refractivity contribution >= 4 is 33.2 Å². The molecule has 0 unspecified atom stereocenters. The van der Waals surface area contributed by atoms with Crippen LogP contribution >= 0.6 is 27.5 Å². The van der Waals surface area contributed by atoms with Crippen molar-refractivity contribution in [3.63, 3.8) is 0 Å². The Hall–Kier alpha value is -1.39. The van der Waals surface area contributed by atoms with Crippen LogP contribution in [-0.2, 0) is 6.54 Å². The van der Waals surface area contributed by atoms with E-state index in [1.807, 2.05) is 37.3 Å². The smallest absolute Gasteiger partial charge is 0.124 e. The van der Waals surface area contributed by atoms with Crippen LogP contribution in [0.4, 0.5) is 5.69 Å². The van der Waals surface area contributed by atoms with Gasteiger partial charge in [0.25, 0.3) is 0 Å². The molecular formula is C16H17BrClNO2. The first-order chi connectivity index (χ1) is 10.0. The van der Waals surface area contributed by atoms with Crippen LogP contribution in [0.3, 0.4) is 0 Å². The highest BCUT2D eigenvalue weighted by Gasteiger charge is 2.08. The van der Waals surface area contributed by atoms with Gasteiger partial charge in [0.1, 0.15) is 11.5 Å². The Kier molecular flexibility index (Phi) is 5.37. The highest BCUT2D eigenvalue weighted by atomic mass is 79.9. The number of hydrogen-bond donors (Lipinski definition) is 1. The van der Waals surface area contributed by atoms with Gasteiger partial charge in [-0.25, -0.2) is 0 Å². The summed E-state index contributed by atoms with van der Waals surface area (Å²) in [5.41, 5.74) is 2.99. The van der Waals surface area contributed by atoms with E-state index < -0.39 is 0 Å². The topological polar surface area (TPSA) is 30.5 Å². The van der Waals surface area contributed by atoms with Gasteiger partial charge in [-0.15, -0.1) is 0 Å². The Bertz CT molecular complexity index is 646. The molecule has 5 heteroatoms. The largest absolute Gasteiger partial charge is 0.497 e. The Morgan fingerprint density at radius 2 is 1.90 bits per heavy atom. The minimum absolute atomic E-state index is 0.609. The summed E-state index contributed by atoms with van der Waals surface area (Å²) in [5.74, 6) is 1.62. The molecule has 0 aliphatic carbocycles. The number of halogens is 2. The maximum absolute atomic E-state index is 6.17. The number of aryl methyl sites for hydroxylation is 1. The third kappa shape index (κ3) is 3.83. The monoisotopic (exact) mass is 369 g/mol. The molecule has 0 fully saturated rings. The third-order valence-corrected chi connectivity index (χ3v) is 4.27. The maximum atomic E-state index is 6.17. The second-order valence-corrected chi connectivity index (χ2v) is 5.87. The van der Waals surface area contributed by atoms with Gasteiger partial charge in [0.15, 0.2) is 0 Å². The maximum Gasteiger partial charge on any atom is 0.124 e. The Balaban J connectivity index is 2.21. The molecule has 0 aliphatic rings. The predicted molar refractivity (Wildman–Crippen MR) is 90.8 cm³/mol. The van der Waals surface area contributed by atoms with Crippen LogP contribution in [-0.4, -0.2) is 14.2 Å². The lowest BCUT2D eigenvalue weighted by Crippen LogP contribution is -2.03. The third-order valence-electron chi connectivity index (χ3n) is 3.21. The van der Waals surface area contributed by atoms with E-state index in [1.54, 1.807) is 14.2 Å². The Labute approximate surface area is 138 Å². The predicted octanol–water partition coefficient (Wildman–Crippen LogP) is 5.04. The van der Waals surface area contributed by atoms with E-state index in [1.165, 1.54) is 0 Å². The molecule has 1 N–H and O–H groups in total. The molecule has 112 valence electrons. The van der Waals surface area contributed by atoms with Gasteiger partial charge >= 0.3 is 0 Å². The van der Waals surface area contributed by atoms with Gasteiger partial charge in [-0.2, -0.15) is 0 Å². The molecule has 21 heavy (non-hydrogen) atoms. The van der Waals surface area contributed by atoms with Crippen LogP contribution in [0.5, 0.6) is 11.5 Å². The van der Waals surface area contributed by atoms with Gasteiger partial charge in [0, 0.05) is 21.6 Å². The van der Waals surface area contributed by atoms with E-state index in [0.717, 1.165) is 37.8 Å². The second kappa shape index (κ2) is 7.05. The number of anilines is 1. The molecule has 2 aromatic carbocycles. The molecule has 0 radical (unpaired) electrons. The molecule has 0 spiro atoms. The average Bonchev–Trinajstić information content (AvgIpc) is 2.49. The fraction of sp³-hybridized carbons (Fsp3) is 0.250. The average molecular weight is 371 g/mol. The van der Waals surface area contributed by atoms with Gasteiger partial charge < -0.3 is 14.8 Å². The van der Waals surface area contributed by atoms with Gasteiger partial charge in [-0.3, -0.25) is 0 Å². The van der Waals surface area contributed by atoms with Crippen molar-refractivity contribution < 1.29 is 9.47 Å². The van der Waals surface area contributed by atoms with Gasteiger partial charge in [0.05, 0.1) is 19.9 Å². The zero-order chi connectivity index (χ0) is 15.4. The normalized spacial score (nSPS) is 10.3. The Morgan fingerprint density at radius 3 is 2.57 bits per heavy atom. The fourth-order valence-corrected chi connectivity index (χ4v) is 2.75. The van der Waals surface area contributed by atoms with E-state index in [-0.39, 0.29) is 0 Å². The highest BCUT2D eigenvalue weighted by molar-refractivity contribution is 9.10. The van der Waals surface area contributed by atoms with Crippen molar-refractivity contribution in [3.8, 4) is 11.5 Å². The number of hydrogen-bond acceptors (Lipinski definition) is 3. The number of methoxy groups -OCH3 is 2. The first kappa shape index (κ1) is 16.0. The van der Waals surface area contributed by atoms with Crippen LogP contribution < -0.4 is 14.8 Å². The zero-order valence-electron chi connectivity index (χ0n) is 12.2. The van der Waals surface area contributed by atoms with E-state index >= 15 is 0 Å². The second-order valence-electron chi connectivity index (χ2n) is 4.61. The SMILES string of the molecule is COc1ccc(OC)c(CNc2cc(Cl)c(C)cc2Br)c1. The van der Waals surface area contributed by atoms with Crippen LogP contribution in [0, 0.1) is 6.92 Å². The molecule has 0 aromatic heterocycles. The van der Waals surface area contributed by atoms with Crippen LogP contribution in [0.1, 0.15) is 11.1 Å². The molecule has 0 saturated heterocycles. The minimum atomic E-state index is 0.609. The van der Waals surface area contributed by atoms with Crippen molar-refractivity contribution in [3.05, 3.63) is 51.0 Å². The van der Waals surface area contributed by atoms with Crippen molar-refractivity contribution in [2.45, 2.75) is 13.5 Å². The number of nitrogens with one attached hydrogen (secondary N) is 1. The molecule has 0 atom stereocenters. The molecule has 0 aliphatic heterocycles. The molecule has 0 heterocycles. The van der Waals surface area contributed by atoms with Crippen molar-refractivity contribution in [1.29, 1.82) is 0 Å². The summed E-state index contributed by atoms with van der Waals surface area (Å²) in [6.45, 7) is 2.58. The van der Waals surface area contributed by atoms with E-state index in [9.17, 15) is 0 Å². The van der Waals surface area contributed by atoms with Crippen molar-refractivity contribution in [2.75, 3.05) is 19.5 Å². The number of benzene rings is 2. The summed E-state index contributed by atoms with van der Waals surface area (Å²) in [6, 6.07) is 9.63. The standard InChI is InChI=1S/C16H17BrClNO2/c1-10-6-13(17)15(8-14(10)18)19-9-11-7-12(20-2)4-5-16(11)21-3/h4-8,19H,9H2,1-3H3. The van der Waals surface area contributed by atoms with E-state index in [4.69, 9.17) is 21.1 Å². The van der Waals surface area contributed by atoms with Crippen LogP contribution in [0.2, 0.25) is 5.02 Å². The quantitative estimate of drug-likeness (QED) is 0.800. The first-order valence-corrected chi connectivity index (χ1v) is 7.62. The number of ether oxygens (including phenoxy) is 2. The molecule has 2 rings (SSSR count). The lowest BCUT2D eigenvalue weighted by Gasteiger charge is -2.14. The van der Waals surface area contributed by atoms with Crippen molar-refractivity contribution in [2.24, 2.45) is 0 Å². The van der Waals surface area contributed by atoms with Gasteiger partial charge in [0.2, 0.25) is 0 Å². The first-order valence-electron chi connectivity index (χ1n) is 6.45. The summed E-state index contributed by atoms with van der Waals surface area (Å²) in [7, 11) is 3.30. The zero-order valence-corrected chi connectivity index (χ0v) is 14.5. The summed E-state index contributed by atoms with van der Waals surface area (Å²) in [5, 5.41) is 4.09. The molecule has 2 aromatic rings. The van der Waals surface area contributed by atoms with E-state index in [0.29, 0.717) is 6.54 Å². The molecule has 0 bridgehead atoms. The highest BCUT2D eigenvalue weighted by Crippen LogP contribution is 2.31. The number of rotatable bonds is 5. The Morgan fingerprint density at radius 1 is 1.14 bits per heavy atom. The lowest BCUT2D eigenvalue weighted by atomic mass is 10.1. The van der Waals surface area contributed by atoms with Crippen LogP contribution in [0.15, 0.2) is 34.8 Å². The summed E-state index contributed by atoms with van der Waals surface area (Å²) >= 11 is 9.71. The summed E-state index contributed by atoms with van der Waals surface area (Å²) in [4.78, 5) is 0. The van der Waals surface area contributed by atoms with Crippen LogP contribution in [0.25, 0.3) is 0 Å². The van der Waals surface area contributed by atoms with Gasteiger partial charge in [-0.05, 0) is 58.7 Å². The van der Waals surface area contributed by atoms with E-state index in [2.05, 4.69) is 21.2 Å².